The van der Waals surface area contributed by atoms with E-state index < -0.39 is 14.6 Å². The smallest absolute Gasteiger partial charge is 0.158 e. The van der Waals surface area contributed by atoms with Crippen LogP contribution in [0.25, 0.3) is 0 Å². The number of halogens is 1. The number of sulfone groups is 1. The molecule has 0 bridgehead atoms. The van der Waals surface area contributed by atoms with Gasteiger partial charge in [-0.3, -0.25) is 4.90 Å². The summed E-state index contributed by atoms with van der Waals surface area (Å²) in [5, 5.41) is 0. The van der Waals surface area contributed by atoms with Gasteiger partial charge in [0.15, 0.2) is 9.84 Å². The zero-order chi connectivity index (χ0) is 15.1. The second-order valence-electron chi connectivity index (χ2n) is 5.77. The molecule has 0 amide bonds. The standard InChI is InChI=1S/C14H20FNO3S/c1-14(2)13(9-20(14,17)18)16(3)8-10-7-11(15)5-6-12(10)19-4/h5-7,13H,8-9H2,1-4H3. The average molecular weight is 301 g/mol. The van der Waals surface area contributed by atoms with Crippen LogP contribution < -0.4 is 4.74 Å². The Morgan fingerprint density at radius 2 is 2.10 bits per heavy atom. The van der Waals surface area contributed by atoms with Crippen LogP contribution in [0, 0.1) is 5.82 Å². The first kappa shape index (κ1) is 15.3. The predicted octanol–water partition coefficient (Wildman–Crippen LogP) is 1.84. The maximum Gasteiger partial charge on any atom is 0.158 e. The maximum absolute atomic E-state index is 13.3. The lowest BCUT2D eigenvalue weighted by molar-refractivity contribution is 0.188. The Labute approximate surface area is 119 Å². The lowest BCUT2D eigenvalue weighted by atomic mass is 10.0. The molecule has 0 saturated carbocycles. The molecule has 2 rings (SSSR count). The lowest BCUT2D eigenvalue weighted by Gasteiger charge is -2.48. The molecule has 1 heterocycles. The van der Waals surface area contributed by atoms with E-state index in [0.717, 1.165) is 5.56 Å². The summed E-state index contributed by atoms with van der Waals surface area (Å²) < 4.78 is 41.3. The third kappa shape index (κ3) is 2.42. The second-order valence-corrected chi connectivity index (χ2v) is 8.39. The van der Waals surface area contributed by atoms with Gasteiger partial charge in [0.1, 0.15) is 11.6 Å². The minimum Gasteiger partial charge on any atom is -0.496 e. The summed E-state index contributed by atoms with van der Waals surface area (Å²) in [5.41, 5.74) is 0.718. The molecule has 6 heteroatoms. The number of rotatable bonds is 4. The van der Waals surface area contributed by atoms with E-state index in [0.29, 0.717) is 12.3 Å². The Bertz CT molecular complexity index is 613. The Morgan fingerprint density at radius 1 is 1.45 bits per heavy atom. The van der Waals surface area contributed by atoms with Gasteiger partial charge in [0, 0.05) is 18.2 Å². The van der Waals surface area contributed by atoms with Gasteiger partial charge in [-0.1, -0.05) is 0 Å². The van der Waals surface area contributed by atoms with Gasteiger partial charge in [-0.25, -0.2) is 12.8 Å². The van der Waals surface area contributed by atoms with Crippen LogP contribution in [0.2, 0.25) is 0 Å². The van der Waals surface area contributed by atoms with Crippen molar-refractivity contribution in [3.8, 4) is 5.75 Å². The average Bonchev–Trinajstić information content (AvgIpc) is 2.36. The van der Waals surface area contributed by atoms with Gasteiger partial charge in [0.2, 0.25) is 0 Å². The number of hydrogen-bond donors (Lipinski definition) is 0. The van der Waals surface area contributed by atoms with E-state index in [-0.39, 0.29) is 17.6 Å². The van der Waals surface area contributed by atoms with Crippen molar-refractivity contribution < 1.29 is 17.5 Å². The fourth-order valence-corrected chi connectivity index (χ4v) is 4.54. The molecule has 0 spiro atoms. The zero-order valence-electron chi connectivity index (χ0n) is 12.2. The molecule has 0 aliphatic carbocycles. The molecule has 1 aliphatic heterocycles. The normalized spacial score (nSPS) is 23.4. The molecule has 20 heavy (non-hydrogen) atoms. The summed E-state index contributed by atoms with van der Waals surface area (Å²) in [6, 6.07) is 4.29. The molecule has 0 aromatic heterocycles. The highest BCUT2D eigenvalue weighted by molar-refractivity contribution is 7.94. The largest absolute Gasteiger partial charge is 0.496 e. The van der Waals surface area contributed by atoms with E-state index in [4.69, 9.17) is 4.74 Å². The van der Waals surface area contributed by atoms with Gasteiger partial charge in [0.25, 0.3) is 0 Å². The summed E-state index contributed by atoms with van der Waals surface area (Å²) in [4.78, 5) is 1.94. The molecule has 1 atom stereocenters. The fourth-order valence-electron chi connectivity index (χ4n) is 2.64. The molecule has 0 N–H and O–H groups in total. The monoisotopic (exact) mass is 301 g/mol. The molecule has 0 radical (unpaired) electrons. The van der Waals surface area contributed by atoms with Gasteiger partial charge in [-0.15, -0.1) is 0 Å². The Kier molecular flexibility index (Phi) is 3.81. The van der Waals surface area contributed by atoms with Crippen molar-refractivity contribution >= 4 is 9.84 Å². The summed E-state index contributed by atoms with van der Waals surface area (Å²) in [7, 11) is 0.372. The molecular weight excluding hydrogens is 281 g/mol. The maximum atomic E-state index is 13.3. The topological polar surface area (TPSA) is 46.6 Å². The highest BCUT2D eigenvalue weighted by atomic mass is 32.2. The first-order valence-electron chi connectivity index (χ1n) is 6.44. The van der Waals surface area contributed by atoms with Gasteiger partial charge in [0.05, 0.1) is 17.6 Å². The van der Waals surface area contributed by atoms with Crippen LogP contribution in [0.3, 0.4) is 0 Å². The van der Waals surface area contributed by atoms with Gasteiger partial charge < -0.3 is 4.74 Å². The number of methoxy groups -OCH3 is 1. The summed E-state index contributed by atoms with van der Waals surface area (Å²) in [5.74, 6) is 0.432. The SMILES string of the molecule is COc1ccc(F)cc1CN(C)C1CS(=O)(=O)C1(C)C. The van der Waals surface area contributed by atoms with Gasteiger partial charge >= 0.3 is 0 Å². The van der Waals surface area contributed by atoms with Crippen LogP contribution in [0.4, 0.5) is 4.39 Å². The highest BCUT2D eigenvalue weighted by Crippen LogP contribution is 2.37. The van der Waals surface area contributed by atoms with Crippen molar-refractivity contribution in [1.82, 2.24) is 4.90 Å². The van der Waals surface area contributed by atoms with E-state index in [1.165, 1.54) is 19.2 Å². The van der Waals surface area contributed by atoms with Crippen molar-refractivity contribution in [2.45, 2.75) is 31.2 Å². The quantitative estimate of drug-likeness (QED) is 0.851. The van der Waals surface area contributed by atoms with E-state index in [9.17, 15) is 12.8 Å². The Hall–Kier alpha value is -1.14. The first-order valence-corrected chi connectivity index (χ1v) is 8.09. The molecule has 1 saturated heterocycles. The molecule has 4 nitrogen and oxygen atoms in total. The lowest BCUT2D eigenvalue weighted by Crippen LogP contribution is -2.65. The predicted molar refractivity (Wildman–Crippen MR) is 76.1 cm³/mol. The molecule has 1 aliphatic rings. The summed E-state index contributed by atoms with van der Waals surface area (Å²) >= 11 is 0. The van der Waals surface area contributed by atoms with Crippen LogP contribution in [-0.2, 0) is 16.4 Å². The van der Waals surface area contributed by atoms with Crippen LogP contribution in [0.1, 0.15) is 19.4 Å². The minimum absolute atomic E-state index is 0.0690. The minimum atomic E-state index is -3.02. The van der Waals surface area contributed by atoms with Crippen molar-refractivity contribution in [3.05, 3.63) is 29.6 Å². The van der Waals surface area contributed by atoms with E-state index in [1.807, 2.05) is 11.9 Å². The first-order chi connectivity index (χ1) is 9.19. The van der Waals surface area contributed by atoms with Crippen LogP contribution >= 0.6 is 0 Å². The number of benzene rings is 1. The van der Waals surface area contributed by atoms with E-state index in [2.05, 4.69) is 0 Å². The molecule has 1 aromatic rings. The van der Waals surface area contributed by atoms with Gasteiger partial charge in [-0.2, -0.15) is 0 Å². The van der Waals surface area contributed by atoms with Crippen LogP contribution in [0.15, 0.2) is 18.2 Å². The third-order valence-corrected chi connectivity index (χ3v) is 6.81. The molecule has 1 unspecified atom stereocenters. The fraction of sp³-hybridized carbons (Fsp3) is 0.571. The number of ether oxygens (including phenoxy) is 1. The van der Waals surface area contributed by atoms with Crippen molar-refractivity contribution in [2.24, 2.45) is 0 Å². The highest BCUT2D eigenvalue weighted by Gasteiger charge is 2.54. The van der Waals surface area contributed by atoms with Crippen LogP contribution in [0.5, 0.6) is 5.75 Å². The molecule has 112 valence electrons. The van der Waals surface area contributed by atoms with E-state index >= 15 is 0 Å². The number of hydrogen-bond acceptors (Lipinski definition) is 4. The summed E-state index contributed by atoms with van der Waals surface area (Å²) in [6.07, 6.45) is 0. The zero-order valence-corrected chi connectivity index (χ0v) is 13.0. The number of nitrogens with zero attached hydrogens (tertiary/aromatic N) is 1. The molecule has 1 fully saturated rings. The Balaban J connectivity index is 2.18. The Morgan fingerprint density at radius 3 is 2.60 bits per heavy atom. The van der Waals surface area contributed by atoms with Crippen molar-refractivity contribution in [3.63, 3.8) is 0 Å². The van der Waals surface area contributed by atoms with Crippen LogP contribution in [-0.4, -0.2) is 44.0 Å². The molecular formula is C14H20FNO3S. The van der Waals surface area contributed by atoms with E-state index in [1.54, 1.807) is 19.9 Å². The van der Waals surface area contributed by atoms with Crippen molar-refractivity contribution in [1.29, 1.82) is 0 Å². The second kappa shape index (κ2) is 5.00. The third-order valence-electron chi connectivity index (χ3n) is 4.18. The summed E-state index contributed by atoms with van der Waals surface area (Å²) in [6.45, 7) is 3.91. The molecule has 1 aromatic carbocycles. The van der Waals surface area contributed by atoms with Crippen molar-refractivity contribution in [2.75, 3.05) is 19.9 Å². The van der Waals surface area contributed by atoms with Gasteiger partial charge in [-0.05, 0) is 39.1 Å².